The maximum absolute atomic E-state index is 10.4. The van der Waals surface area contributed by atoms with Gasteiger partial charge in [0.25, 0.3) is 5.96 Å². The van der Waals surface area contributed by atoms with Crippen molar-refractivity contribution >= 4 is 35.1 Å². The Hall–Kier alpha value is -3.26. The average molecular weight is 542 g/mol. The third-order valence-electron chi connectivity index (χ3n) is 4.46. The standard InChI is InChI=1S/C10H12ClN5O2.C9H14ClN3.C2H7N3/c11-9-3-2-8(6-13-9)7-15-5-1-4-12-10(15)14-16(17)18;10-9-3-2-8(7-13-9)6-12-5-1-4-11;1-5-2(3)4/h2-3,6H,1,4-5,7H2,(H,12,14);2-3,7,12H,1,4-6,11H2;1H3,(H4,3,4,5). The molecule has 0 saturated carbocycles. The number of pyridine rings is 2. The summed E-state index contributed by atoms with van der Waals surface area (Å²) < 4.78 is 0. The lowest BCUT2D eigenvalue weighted by Crippen LogP contribution is -2.47. The fraction of sp³-hybridized carbons (Fsp3) is 0.429. The number of aliphatic imine (C=N–C) groups is 1. The van der Waals surface area contributed by atoms with E-state index >= 15 is 0 Å². The van der Waals surface area contributed by atoms with Gasteiger partial charge in [0, 0.05) is 45.6 Å². The summed E-state index contributed by atoms with van der Waals surface area (Å²) in [5, 5.41) is 20.2. The first-order valence-corrected chi connectivity index (χ1v) is 11.8. The molecule has 13 nitrogen and oxygen atoms in total. The van der Waals surface area contributed by atoms with E-state index in [1.54, 1.807) is 24.5 Å². The van der Waals surface area contributed by atoms with Gasteiger partial charge in [-0.2, -0.15) is 0 Å². The van der Waals surface area contributed by atoms with Gasteiger partial charge in [0.15, 0.2) is 11.0 Å². The molecule has 0 aromatic carbocycles. The highest BCUT2D eigenvalue weighted by atomic mass is 35.5. The highest BCUT2D eigenvalue weighted by Gasteiger charge is 2.19. The van der Waals surface area contributed by atoms with Crippen molar-refractivity contribution in [1.82, 2.24) is 25.5 Å². The number of nitrogens with two attached hydrogens (primary N) is 3. The Labute approximate surface area is 220 Å². The second-order valence-corrected chi connectivity index (χ2v) is 8.08. The molecule has 8 N–H and O–H groups in total. The lowest BCUT2D eigenvalue weighted by molar-refractivity contribution is -0.486. The summed E-state index contributed by atoms with van der Waals surface area (Å²) in [6, 6.07) is 7.29. The summed E-state index contributed by atoms with van der Waals surface area (Å²) in [4.78, 5) is 23.6. The van der Waals surface area contributed by atoms with E-state index in [0.29, 0.717) is 29.4 Å². The molecule has 0 radical (unpaired) electrons. The van der Waals surface area contributed by atoms with E-state index in [2.05, 4.69) is 30.7 Å². The summed E-state index contributed by atoms with van der Waals surface area (Å²) in [7, 11) is 1.54. The van der Waals surface area contributed by atoms with E-state index in [1.165, 1.54) is 7.05 Å². The number of hydrazone groups is 1. The van der Waals surface area contributed by atoms with Crippen LogP contribution in [0, 0.1) is 10.1 Å². The van der Waals surface area contributed by atoms with Crippen molar-refractivity contribution in [2.24, 2.45) is 27.3 Å². The Morgan fingerprint density at radius 3 is 2.31 bits per heavy atom. The van der Waals surface area contributed by atoms with E-state index < -0.39 is 5.03 Å². The van der Waals surface area contributed by atoms with Crippen molar-refractivity contribution < 1.29 is 5.03 Å². The quantitative estimate of drug-likeness (QED) is 0.0805. The smallest absolute Gasteiger partial charge is 0.271 e. The zero-order chi connectivity index (χ0) is 26.8. The van der Waals surface area contributed by atoms with Crippen molar-refractivity contribution in [1.29, 1.82) is 0 Å². The molecule has 2 aromatic rings. The fourth-order valence-corrected chi connectivity index (χ4v) is 2.93. The highest BCUT2D eigenvalue weighted by Crippen LogP contribution is 2.10. The second kappa shape index (κ2) is 18.1. The van der Waals surface area contributed by atoms with E-state index in [1.807, 2.05) is 17.0 Å². The van der Waals surface area contributed by atoms with E-state index in [4.69, 9.17) is 40.4 Å². The minimum Gasteiger partial charge on any atom is -0.370 e. The normalized spacial score (nSPS) is 13.4. The maximum Gasteiger partial charge on any atom is 0.271 e. The number of nitrogens with zero attached hydrogens (tertiary/aromatic N) is 6. The Bertz CT molecular complexity index is 953. The third-order valence-corrected chi connectivity index (χ3v) is 4.91. The molecule has 3 rings (SSSR count). The number of hydrogen-bond acceptors (Lipinski definition) is 7. The van der Waals surface area contributed by atoms with Crippen LogP contribution in [-0.4, -0.2) is 65.0 Å². The first kappa shape index (κ1) is 30.8. The van der Waals surface area contributed by atoms with E-state index in [0.717, 1.165) is 50.1 Å². The van der Waals surface area contributed by atoms with Crippen LogP contribution in [0.5, 0.6) is 0 Å². The van der Waals surface area contributed by atoms with E-state index in [-0.39, 0.29) is 5.96 Å². The van der Waals surface area contributed by atoms with Gasteiger partial charge >= 0.3 is 0 Å². The van der Waals surface area contributed by atoms with Crippen molar-refractivity contribution in [3.8, 4) is 0 Å². The van der Waals surface area contributed by atoms with Crippen LogP contribution < -0.4 is 27.8 Å². The number of nitrogens with one attached hydrogen (secondary N) is 2. The number of halogens is 2. The molecule has 1 aliphatic heterocycles. The topological polar surface area (TPSA) is 199 Å². The number of rotatable bonds is 8. The van der Waals surface area contributed by atoms with Gasteiger partial charge in [-0.15, -0.1) is 0 Å². The van der Waals surface area contributed by atoms with Crippen LogP contribution in [0.3, 0.4) is 0 Å². The Balaban J connectivity index is 0.000000315. The molecule has 0 atom stereocenters. The summed E-state index contributed by atoms with van der Waals surface area (Å²) in [6.07, 6.45) is 5.34. The minimum atomic E-state index is -0.694. The second-order valence-electron chi connectivity index (χ2n) is 7.31. The Morgan fingerprint density at radius 2 is 1.81 bits per heavy atom. The monoisotopic (exact) mass is 541 g/mol. The first-order valence-electron chi connectivity index (χ1n) is 11.1. The minimum absolute atomic E-state index is 0.130. The predicted molar refractivity (Wildman–Crippen MR) is 143 cm³/mol. The molecule has 1 fully saturated rings. The molecule has 1 saturated heterocycles. The third kappa shape index (κ3) is 14.2. The Kier molecular flexibility index (Phi) is 15.4. The molecule has 36 heavy (non-hydrogen) atoms. The van der Waals surface area contributed by atoms with Gasteiger partial charge in [0.05, 0.1) is 0 Å². The molecule has 0 amide bonds. The largest absolute Gasteiger partial charge is 0.370 e. The van der Waals surface area contributed by atoms with E-state index in [9.17, 15) is 10.1 Å². The molecule has 1 aliphatic rings. The number of guanidine groups is 2. The number of nitro groups is 1. The summed E-state index contributed by atoms with van der Waals surface area (Å²) in [5.41, 5.74) is 17.1. The molecular weight excluding hydrogens is 509 g/mol. The van der Waals surface area contributed by atoms with Gasteiger partial charge in [-0.25, -0.2) is 20.1 Å². The Morgan fingerprint density at radius 1 is 1.19 bits per heavy atom. The van der Waals surface area contributed by atoms with Crippen molar-refractivity contribution in [2.75, 3.05) is 33.2 Å². The zero-order valence-electron chi connectivity index (χ0n) is 20.1. The van der Waals surface area contributed by atoms with Gasteiger partial charge in [-0.1, -0.05) is 35.3 Å². The van der Waals surface area contributed by atoms with Gasteiger partial charge < -0.3 is 32.7 Å². The molecule has 3 heterocycles. The average Bonchev–Trinajstić information content (AvgIpc) is 2.86. The molecule has 2 aromatic heterocycles. The molecule has 0 aliphatic carbocycles. The first-order chi connectivity index (χ1) is 17.2. The predicted octanol–water partition coefficient (Wildman–Crippen LogP) is 1.14. The van der Waals surface area contributed by atoms with Crippen molar-refractivity contribution in [2.45, 2.75) is 25.9 Å². The van der Waals surface area contributed by atoms with Gasteiger partial charge in [-0.3, -0.25) is 4.99 Å². The van der Waals surface area contributed by atoms with Gasteiger partial charge in [0.1, 0.15) is 15.4 Å². The van der Waals surface area contributed by atoms with Crippen LogP contribution in [0.25, 0.3) is 0 Å². The van der Waals surface area contributed by atoms with Gasteiger partial charge in [-0.05, 0) is 49.2 Å². The van der Waals surface area contributed by atoms with Crippen LogP contribution >= 0.6 is 23.2 Å². The maximum atomic E-state index is 10.4. The number of hydrogen-bond donors (Lipinski definition) is 5. The van der Waals surface area contributed by atoms with Crippen LogP contribution in [0.15, 0.2) is 46.8 Å². The molecule has 0 bridgehead atoms. The molecule has 198 valence electrons. The summed E-state index contributed by atoms with van der Waals surface area (Å²) >= 11 is 11.3. The van der Waals surface area contributed by atoms with Gasteiger partial charge in [0.2, 0.25) is 0 Å². The molecular formula is C21H33Cl2N11O2. The summed E-state index contributed by atoms with van der Waals surface area (Å²) in [6.45, 7) is 4.43. The molecule has 0 unspecified atom stereocenters. The molecule has 0 spiro atoms. The van der Waals surface area contributed by atoms with Crippen LogP contribution in [-0.2, 0) is 13.1 Å². The fourth-order valence-electron chi connectivity index (χ4n) is 2.71. The van der Waals surface area contributed by atoms with Crippen molar-refractivity contribution in [3.63, 3.8) is 0 Å². The van der Waals surface area contributed by atoms with Crippen molar-refractivity contribution in [3.05, 3.63) is 68.2 Å². The van der Waals surface area contributed by atoms with Crippen LogP contribution in [0.4, 0.5) is 0 Å². The van der Waals surface area contributed by atoms with Crippen LogP contribution in [0.1, 0.15) is 24.0 Å². The highest BCUT2D eigenvalue weighted by molar-refractivity contribution is 6.29. The number of aromatic nitrogens is 2. The molecule has 15 heteroatoms. The zero-order valence-corrected chi connectivity index (χ0v) is 21.6. The van der Waals surface area contributed by atoms with Crippen LogP contribution in [0.2, 0.25) is 10.3 Å². The lowest BCUT2D eigenvalue weighted by atomic mass is 10.2. The summed E-state index contributed by atoms with van der Waals surface area (Å²) in [5.74, 6) is 0.422. The lowest BCUT2D eigenvalue weighted by Gasteiger charge is -2.28. The SMILES string of the molecule is CN=C(N)N.NCCCNCc1ccc(Cl)nc1.O=[N+]([O-])/N=C1/NCCCN1Cc1ccc(Cl)nc1.